The van der Waals surface area contributed by atoms with E-state index >= 15 is 0 Å². The van der Waals surface area contributed by atoms with Crippen LogP contribution < -0.4 is 0 Å². The minimum absolute atomic E-state index is 0.0423. The van der Waals surface area contributed by atoms with Gasteiger partial charge in [0, 0.05) is 35.9 Å². The summed E-state index contributed by atoms with van der Waals surface area (Å²) in [4.78, 5) is 26.6. The molecule has 8 aromatic carbocycles. The van der Waals surface area contributed by atoms with Crippen LogP contribution in [0, 0.1) is 0 Å². The average molecular weight is 902 g/mol. The second-order valence-corrected chi connectivity index (χ2v) is 22.8. The Hall–Kier alpha value is -7.81. The van der Waals surface area contributed by atoms with Crippen LogP contribution in [0.2, 0.25) is 0 Å². The molecule has 0 saturated carbocycles. The van der Waals surface area contributed by atoms with Gasteiger partial charge in [0.2, 0.25) is 17.7 Å². The number of rotatable bonds is 7. The van der Waals surface area contributed by atoms with Gasteiger partial charge in [0.25, 0.3) is 0 Å². The average Bonchev–Trinajstić information content (AvgIpc) is 4.01. The van der Waals surface area contributed by atoms with E-state index in [1.54, 1.807) is 0 Å². The fourth-order valence-electron chi connectivity index (χ4n) is 9.90. The molecule has 0 spiro atoms. The zero-order valence-corrected chi connectivity index (χ0v) is 39.9. The lowest BCUT2D eigenvalue weighted by Crippen LogP contribution is -2.12. The Kier molecular flexibility index (Phi) is 9.57. The molecule has 4 aromatic heterocycles. The summed E-state index contributed by atoms with van der Waals surface area (Å²) in [5.74, 6) is 2.32. The van der Waals surface area contributed by atoms with Crippen LogP contribution in [-0.4, -0.2) is 33.5 Å². The summed E-state index contributed by atoms with van der Waals surface area (Å²) in [5, 5.41) is 2.34. The highest BCUT2D eigenvalue weighted by Crippen LogP contribution is 2.73. The van der Waals surface area contributed by atoms with E-state index in [-0.39, 0.29) is 10.8 Å². The van der Waals surface area contributed by atoms with Crippen molar-refractivity contribution in [3.05, 3.63) is 211 Å². The summed E-state index contributed by atoms with van der Waals surface area (Å²) in [7, 11) is -1.91. The Bertz CT molecular complexity index is 3690. The Morgan fingerprint density at radius 2 is 0.809 bits per heavy atom. The third kappa shape index (κ3) is 6.57. The third-order valence-electron chi connectivity index (χ3n) is 13.4. The molecule has 0 unspecified atom stereocenters. The fraction of sp³-hybridized carbons (Fsp3) is 0.133. The molecule has 68 heavy (non-hydrogen) atoms. The summed E-state index contributed by atoms with van der Waals surface area (Å²) < 4.78 is 6.54. The molecule has 12 rings (SSSR count). The first-order chi connectivity index (χ1) is 33.0. The molecule has 0 N–H and O–H groups in total. The van der Waals surface area contributed by atoms with Crippen molar-refractivity contribution in [2.45, 2.75) is 72.0 Å². The molecule has 12 aromatic rings. The van der Waals surface area contributed by atoms with Crippen molar-refractivity contribution in [2.24, 2.45) is 0 Å². The SMILES string of the molecule is CC(C)(C)c1ccc2c(c1)c1cc(C(C)(C)C)ccc1n2-c1nc(-c2ccc(S(c3ccccc3)(c3ccccc3)c3ccccc3)cc2)nc(-n2c3ccccc3n3c4ccccc4nc23)n1. The van der Waals surface area contributed by atoms with Gasteiger partial charge in [-0.1, -0.05) is 145 Å². The molecule has 0 aliphatic carbocycles. The highest BCUT2D eigenvalue weighted by atomic mass is 32.3. The molecule has 0 aliphatic heterocycles. The topological polar surface area (TPSA) is 65.8 Å². The molecule has 0 atom stereocenters. The molecule has 8 heteroatoms. The normalized spacial score (nSPS) is 12.8. The third-order valence-corrected chi connectivity index (χ3v) is 17.3. The molecule has 0 radical (unpaired) electrons. The smallest absolute Gasteiger partial charge is 0.242 e. The molecule has 4 heterocycles. The Labute approximate surface area is 397 Å². The number of hydrogen-bond acceptors (Lipinski definition) is 4. The van der Waals surface area contributed by atoms with Gasteiger partial charge in [0.05, 0.1) is 33.1 Å². The second kappa shape index (κ2) is 15.6. The van der Waals surface area contributed by atoms with Gasteiger partial charge in [-0.25, -0.2) is 9.55 Å². The Morgan fingerprint density at radius 3 is 1.32 bits per heavy atom. The van der Waals surface area contributed by atoms with Crippen molar-refractivity contribution in [1.29, 1.82) is 0 Å². The number of para-hydroxylation sites is 4. The highest BCUT2D eigenvalue weighted by molar-refractivity contribution is 8.34. The predicted octanol–water partition coefficient (Wildman–Crippen LogP) is 15.3. The molecule has 0 amide bonds. The van der Waals surface area contributed by atoms with Gasteiger partial charge in [-0.05, 0) is 119 Å². The summed E-state index contributed by atoms with van der Waals surface area (Å²) in [6.45, 7) is 13.6. The number of hydrogen-bond donors (Lipinski definition) is 0. The van der Waals surface area contributed by atoms with Crippen molar-refractivity contribution in [2.75, 3.05) is 0 Å². The molecule has 7 nitrogen and oxygen atoms in total. The number of benzene rings is 8. The van der Waals surface area contributed by atoms with Crippen LogP contribution in [0.3, 0.4) is 0 Å². The summed E-state index contributed by atoms with van der Waals surface area (Å²) in [6.07, 6.45) is 0. The fourth-order valence-corrected chi connectivity index (χ4v) is 13.8. The monoisotopic (exact) mass is 901 g/mol. The number of aromatic nitrogens is 7. The Morgan fingerprint density at radius 1 is 0.368 bits per heavy atom. The first kappa shape index (κ1) is 41.6. The van der Waals surface area contributed by atoms with Gasteiger partial charge >= 0.3 is 0 Å². The summed E-state index contributed by atoms with van der Waals surface area (Å²) >= 11 is 0. The van der Waals surface area contributed by atoms with Gasteiger partial charge in [-0.3, -0.25) is 8.97 Å². The van der Waals surface area contributed by atoms with Crippen molar-refractivity contribution >= 4 is 59.7 Å². The second-order valence-electron chi connectivity index (χ2n) is 19.7. The molecule has 0 fully saturated rings. The number of fused-ring (bicyclic) bond motifs is 8. The molecule has 0 aliphatic rings. The van der Waals surface area contributed by atoms with Gasteiger partial charge in [0.15, 0.2) is 5.82 Å². The lowest BCUT2D eigenvalue weighted by Gasteiger charge is -2.42. The lowest BCUT2D eigenvalue weighted by atomic mass is 9.85. The van der Waals surface area contributed by atoms with E-state index in [9.17, 15) is 0 Å². The first-order valence-electron chi connectivity index (χ1n) is 23.3. The zero-order valence-electron chi connectivity index (χ0n) is 39.1. The van der Waals surface area contributed by atoms with E-state index in [1.165, 1.54) is 41.5 Å². The summed E-state index contributed by atoms with van der Waals surface area (Å²) in [6, 6.07) is 72.2. The number of imidazole rings is 2. The van der Waals surface area contributed by atoms with Crippen LogP contribution in [0.15, 0.2) is 220 Å². The van der Waals surface area contributed by atoms with Crippen molar-refractivity contribution in [1.82, 2.24) is 33.5 Å². The standard InChI is InChI=1S/C60H51N7S/c1-59(2,3)41-32-36-50-47(38-41)48-39-42(60(4,5)6)33-37-51(48)65(50)56-62-55(63-57(64-56)67-54-29-19-18-28-53(54)66-52-27-17-16-26-49(52)61-58(66)67)40-30-34-46(35-31-40)68(43-20-10-7-11-21-43,44-22-12-8-13-23-44)45-24-14-9-15-25-45/h7-39H,1-6H3. The predicted molar refractivity (Wildman–Crippen MR) is 280 cm³/mol. The van der Waals surface area contributed by atoms with E-state index in [2.05, 4.69) is 249 Å². The van der Waals surface area contributed by atoms with Crippen molar-refractivity contribution in [3.63, 3.8) is 0 Å². The molecule has 332 valence electrons. The van der Waals surface area contributed by atoms with Crippen molar-refractivity contribution < 1.29 is 0 Å². The van der Waals surface area contributed by atoms with Crippen LogP contribution in [0.25, 0.3) is 72.9 Å². The highest BCUT2D eigenvalue weighted by Gasteiger charge is 2.33. The maximum Gasteiger partial charge on any atom is 0.242 e. The van der Waals surface area contributed by atoms with Gasteiger partial charge < -0.3 is 0 Å². The minimum Gasteiger partial charge on any atom is -0.278 e. The molecular formula is C60H51N7S. The summed E-state index contributed by atoms with van der Waals surface area (Å²) in [5.41, 5.74) is 9.31. The zero-order chi connectivity index (χ0) is 46.4. The minimum atomic E-state index is -1.91. The van der Waals surface area contributed by atoms with E-state index < -0.39 is 10.0 Å². The van der Waals surface area contributed by atoms with Crippen LogP contribution in [0.1, 0.15) is 52.7 Å². The van der Waals surface area contributed by atoms with Gasteiger partial charge in [0.1, 0.15) is 0 Å². The Balaban J connectivity index is 1.14. The van der Waals surface area contributed by atoms with Crippen LogP contribution >= 0.6 is 10.0 Å². The van der Waals surface area contributed by atoms with Crippen LogP contribution in [0.5, 0.6) is 0 Å². The van der Waals surface area contributed by atoms with Gasteiger partial charge in [-0.15, -0.1) is 10.0 Å². The lowest BCUT2D eigenvalue weighted by molar-refractivity contribution is 0.590. The quantitative estimate of drug-likeness (QED) is 0.160. The largest absolute Gasteiger partial charge is 0.278 e. The first-order valence-corrected chi connectivity index (χ1v) is 24.9. The van der Waals surface area contributed by atoms with E-state index in [0.29, 0.717) is 17.7 Å². The molecule has 0 saturated heterocycles. The number of nitrogens with zero attached hydrogens (tertiary/aromatic N) is 7. The van der Waals surface area contributed by atoms with Crippen LogP contribution in [0.4, 0.5) is 0 Å². The van der Waals surface area contributed by atoms with E-state index in [1.807, 2.05) is 6.07 Å². The van der Waals surface area contributed by atoms with Crippen molar-refractivity contribution in [3.8, 4) is 23.3 Å². The maximum absolute atomic E-state index is 5.49. The van der Waals surface area contributed by atoms with E-state index in [4.69, 9.17) is 19.9 Å². The maximum atomic E-state index is 5.49. The van der Waals surface area contributed by atoms with E-state index in [0.717, 1.165) is 44.4 Å². The molecule has 0 bridgehead atoms. The van der Waals surface area contributed by atoms with Gasteiger partial charge in [-0.2, -0.15) is 15.0 Å². The van der Waals surface area contributed by atoms with Crippen LogP contribution in [-0.2, 0) is 10.8 Å². The molecular weight excluding hydrogens is 851 g/mol.